The largest absolute Gasteiger partial charge is 0.417 e. The van der Waals surface area contributed by atoms with Crippen molar-refractivity contribution in [3.63, 3.8) is 0 Å². The number of nitrogens with one attached hydrogen (secondary N) is 1. The van der Waals surface area contributed by atoms with Crippen LogP contribution < -0.4 is 5.32 Å². The zero-order valence-electron chi connectivity index (χ0n) is 15.8. The van der Waals surface area contributed by atoms with Crippen molar-refractivity contribution in [2.24, 2.45) is 0 Å². The van der Waals surface area contributed by atoms with Gasteiger partial charge in [-0.15, -0.1) is 0 Å². The van der Waals surface area contributed by atoms with Crippen LogP contribution in [0.5, 0.6) is 0 Å². The van der Waals surface area contributed by atoms with Crippen LogP contribution in [0.4, 0.5) is 17.6 Å². The number of hydrogen-bond acceptors (Lipinski definition) is 2. The van der Waals surface area contributed by atoms with E-state index in [1.54, 1.807) is 6.07 Å². The molecule has 0 fully saturated rings. The summed E-state index contributed by atoms with van der Waals surface area (Å²) in [5.74, 6) is -1.04. The summed E-state index contributed by atoms with van der Waals surface area (Å²) in [4.78, 5) is 16.4. The summed E-state index contributed by atoms with van der Waals surface area (Å²) in [5, 5.41) is 2.26. The molecule has 0 aliphatic rings. The Morgan fingerprint density at radius 2 is 1.63 bits per heavy atom. The number of nitrogens with zero attached hydrogens (tertiary/aromatic N) is 1. The first-order valence-corrected chi connectivity index (χ1v) is 9.32. The fraction of sp³-hybridized carbons (Fsp3) is 0.182. The SMILES string of the molecule is CC(F)(CNC(=O)c1ccccc1C(F)(F)F)c1ncc(-c2ccccc2)cc1Cl. The van der Waals surface area contributed by atoms with Crippen molar-refractivity contribution in [2.75, 3.05) is 6.54 Å². The van der Waals surface area contributed by atoms with E-state index in [1.807, 2.05) is 30.3 Å². The highest BCUT2D eigenvalue weighted by Crippen LogP contribution is 2.34. The Hall–Kier alpha value is -2.93. The van der Waals surface area contributed by atoms with Gasteiger partial charge in [-0.25, -0.2) is 4.39 Å². The maximum Gasteiger partial charge on any atom is 0.417 e. The number of alkyl halides is 4. The maximum absolute atomic E-state index is 15.2. The fourth-order valence-electron chi connectivity index (χ4n) is 2.96. The van der Waals surface area contributed by atoms with E-state index in [4.69, 9.17) is 11.6 Å². The lowest BCUT2D eigenvalue weighted by Crippen LogP contribution is -2.37. The van der Waals surface area contributed by atoms with E-state index < -0.39 is 35.4 Å². The molecule has 1 heterocycles. The van der Waals surface area contributed by atoms with Crippen LogP contribution in [-0.2, 0) is 11.8 Å². The van der Waals surface area contributed by atoms with Gasteiger partial charge in [-0.05, 0) is 30.7 Å². The Kier molecular flexibility index (Phi) is 6.12. The third kappa shape index (κ3) is 4.79. The number of halogens is 5. The molecule has 1 unspecified atom stereocenters. The Morgan fingerprint density at radius 1 is 1.00 bits per heavy atom. The van der Waals surface area contributed by atoms with Gasteiger partial charge >= 0.3 is 6.18 Å². The molecule has 1 N–H and O–H groups in total. The molecule has 2 aromatic carbocycles. The van der Waals surface area contributed by atoms with Crippen molar-refractivity contribution in [3.8, 4) is 11.1 Å². The Balaban J connectivity index is 1.78. The predicted molar refractivity (Wildman–Crippen MR) is 107 cm³/mol. The summed E-state index contributed by atoms with van der Waals surface area (Å²) in [6, 6.07) is 15.1. The first-order chi connectivity index (χ1) is 14.1. The molecule has 0 bridgehead atoms. The highest BCUT2D eigenvalue weighted by Gasteiger charge is 2.36. The molecule has 0 aliphatic heterocycles. The third-order valence-corrected chi connectivity index (χ3v) is 4.79. The summed E-state index contributed by atoms with van der Waals surface area (Å²) in [5.41, 5.74) is -2.46. The monoisotopic (exact) mass is 436 g/mol. The molecule has 3 nitrogen and oxygen atoms in total. The molecule has 1 aromatic heterocycles. The van der Waals surface area contributed by atoms with E-state index in [9.17, 15) is 18.0 Å². The highest BCUT2D eigenvalue weighted by molar-refractivity contribution is 6.31. The second kappa shape index (κ2) is 8.44. The number of amides is 1. The lowest BCUT2D eigenvalue weighted by molar-refractivity contribution is -0.137. The van der Waals surface area contributed by atoms with Crippen LogP contribution >= 0.6 is 11.6 Å². The molecule has 3 rings (SSSR count). The maximum atomic E-state index is 15.2. The van der Waals surface area contributed by atoms with E-state index in [0.717, 1.165) is 24.6 Å². The average Bonchev–Trinajstić information content (AvgIpc) is 2.72. The van der Waals surface area contributed by atoms with Crippen LogP contribution in [0, 0.1) is 0 Å². The summed E-state index contributed by atoms with van der Waals surface area (Å²) in [6.45, 7) is 0.550. The van der Waals surface area contributed by atoms with Gasteiger partial charge in [0.05, 0.1) is 28.4 Å². The van der Waals surface area contributed by atoms with Gasteiger partial charge in [0, 0.05) is 11.8 Å². The number of aromatic nitrogens is 1. The number of hydrogen-bond donors (Lipinski definition) is 1. The lowest BCUT2D eigenvalue weighted by atomic mass is 10.0. The number of carbonyl (C=O) groups is 1. The summed E-state index contributed by atoms with van der Waals surface area (Å²) in [6.07, 6.45) is -3.25. The van der Waals surface area contributed by atoms with E-state index in [-0.39, 0.29) is 10.7 Å². The Bertz CT molecular complexity index is 1050. The molecular formula is C22H17ClF4N2O. The summed E-state index contributed by atoms with van der Waals surface area (Å²) < 4.78 is 54.5. The van der Waals surface area contributed by atoms with E-state index >= 15 is 4.39 Å². The van der Waals surface area contributed by atoms with Gasteiger partial charge in [0.2, 0.25) is 0 Å². The summed E-state index contributed by atoms with van der Waals surface area (Å²) in [7, 11) is 0. The smallest absolute Gasteiger partial charge is 0.348 e. The van der Waals surface area contributed by atoms with Crippen molar-refractivity contribution in [3.05, 3.63) is 88.7 Å². The number of benzene rings is 2. The van der Waals surface area contributed by atoms with Gasteiger partial charge in [-0.3, -0.25) is 9.78 Å². The topological polar surface area (TPSA) is 42.0 Å². The van der Waals surface area contributed by atoms with Crippen molar-refractivity contribution in [1.82, 2.24) is 10.3 Å². The molecule has 30 heavy (non-hydrogen) atoms. The Labute approximate surface area is 175 Å². The molecule has 1 amide bonds. The molecule has 3 aromatic rings. The minimum absolute atomic E-state index is 0.0475. The first kappa shape index (κ1) is 21.8. The molecule has 0 aliphatic carbocycles. The van der Waals surface area contributed by atoms with Crippen LogP contribution in [0.1, 0.15) is 28.5 Å². The fourth-order valence-corrected chi connectivity index (χ4v) is 3.33. The highest BCUT2D eigenvalue weighted by atomic mass is 35.5. The second-order valence-corrected chi connectivity index (χ2v) is 7.25. The first-order valence-electron chi connectivity index (χ1n) is 8.94. The van der Waals surface area contributed by atoms with Gasteiger partial charge in [0.15, 0.2) is 5.67 Å². The van der Waals surface area contributed by atoms with Crippen molar-refractivity contribution >= 4 is 17.5 Å². The normalized spacial score (nSPS) is 13.5. The van der Waals surface area contributed by atoms with Gasteiger partial charge in [-0.2, -0.15) is 13.2 Å². The van der Waals surface area contributed by atoms with Crippen molar-refractivity contribution < 1.29 is 22.4 Å². The molecule has 0 radical (unpaired) electrons. The quantitative estimate of drug-likeness (QED) is 0.496. The minimum atomic E-state index is -4.70. The minimum Gasteiger partial charge on any atom is -0.348 e. The predicted octanol–water partition coefficient (Wildman–Crippen LogP) is 6.04. The van der Waals surface area contributed by atoms with Crippen LogP contribution in [0.2, 0.25) is 5.02 Å². The van der Waals surface area contributed by atoms with Crippen LogP contribution in [0.3, 0.4) is 0 Å². The number of carbonyl (C=O) groups excluding carboxylic acids is 1. The zero-order chi connectivity index (χ0) is 21.9. The van der Waals surface area contributed by atoms with Crippen LogP contribution in [-0.4, -0.2) is 17.4 Å². The van der Waals surface area contributed by atoms with Gasteiger partial charge in [0.25, 0.3) is 5.91 Å². The van der Waals surface area contributed by atoms with Crippen LogP contribution in [0.15, 0.2) is 66.9 Å². The standard InChI is InChI=1S/C22H17ClF4N2O/c1-21(24,13-29-20(30)16-9-5-6-10-17(16)22(25,26)27)19-18(23)11-15(12-28-19)14-7-3-2-4-8-14/h2-12H,13H2,1H3,(H,29,30). The van der Waals surface area contributed by atoms with Crippen molar-refractivity contribution in [1.29, 1.82) is 0 Å². The molecule has 0 saturated carbocycles. The molecular weight excluding hydrogens is 420 g/mol. The van der Waals surface area contributed by atoms with E-state index in [0.29, 0.717) is 5.56 Å². The van der Waals surface area contributed by atoms with Gasteiger partial charge in [-0.1, -0.05) is 54.1 Å². The number of pyridine rings is 1. The molecule has 0 spiro atoms. The Morgan fingerprint density at radius 3 is 2.27 bits per heavy atom. The van der Waals surface area contributed by atoms with E-state index in [2.05, 4.69) is 10.3 Å². The summed E-state index contributed by atoms with van der Waals surface area (Å²) >= 11 is 6.22. The zero-order valence-corrected chi connectivity index (χ0v) is 16.6. The second-order valence-electron chi connectivity index (χ2n) is 6.84. The van der Waals surface area contributed by atoms with Gasteiger partial charge in [0.1, 0.15) is 0 Å². The average molecular weight is 437 g/mol. The third-order valence-electron chi connectivity index (χ3n) is 4.50. The molecule has 156 valence electrons. The number of rotatable bonds is 5. The lowest BCUT2D eigenvalue weighted by Gasteiger charge is -2.22. The van der Waals surface area contributed by atoms with Crippen molar-refractivity contribution in [2.45, 2.75) is 18.8 Å². The van der Waals surface area contributed by atoms with Gasteiger partial charge < -0.3 is 5.32 Å². The molecule has 1 atom stereocenters. The van der Waals surface area contributed by atoms with Crippen LogP contribution in [0.25, 0.3) is 11.1 Å². The molecule has 8 heteroatoms. The van der Waals surface area contributed by atoms with E-state index in [1.165, 1.54) is 18.3 Å². The molecule has 0 saturated heterocycles.